The van der Waals surface area contributed by atoms with Gasteiger partial charge in [0.25, 0.3) is 0 Å². The number of carbonyl (C=O) groups excluding carboxylic acids is 2. The van der Waals surface area contributed by atoms with E-state index in [1.54, 1.807) is 9.80 Å². The second-order valence-corrected chi connectivity index (χ2v) is 6.46. The van der Waals surface area contributed by atoms with Gasteiger partial charge in [0.05, 0.1) is 6.04 Å². The third kappa shape index (κ3) is 5.81. The molecule has 0 aliphatic carbocycles. The van der Waals surface area contributed by atoms with Crippen LogP contribution in [0.4, 0.5) is 4.79 Å². The summed E-state index contributed by atoms with van der Waals surface area (Å²) in [5.41, 5.74) is 5.23. The molecule has 0 aromatic carbocycles. The highest BCUT2D eigenvalue weighted by Crippen LogP contribution is 2.15. The van der Waals surface area contributed by atoms with E-state index in [1.807, 2.05) is 27.7 Å². The Morgan fingerprint density at radius 1 is 1.27 bits per heavy atom. The quantitative estimate of drug-likeness (QED) is 0.759. The normalized spacial score (nSPS) is 19.2. The van der Waals surface area contributed by atoms with Crippen molar-refractivity contribution in [2.24, 2.45) is 5.73 Å². The lowest BCUT2D eigenvalue weighted by atomic mass is 10.1. The smallest absolute Gasteiger partial charge is 0.410 e. The van der Waals surface area contributed by atoms with Crippen molar-refractivity contribution in [2.45, 2.75) is 45.8 Å². The summed E-state index contributed by atoms with van der Waals surface area (Å²) in [6.45, 7) is 9.72. The molecule has 1 atom stereocenters. The van der Waals surface area contributed by atoms with Crippen molar-refractivity contribution in [3.8, 4) is 0 Å². The minimum atomic E-state index is -0.532. The molecule has 0 aromatic rings. The largest absolute Gasteiger partial charge is 0.444 e. The van der Waals surface area contributed by atoms with Crippen LogP contribution in [0.2, 0.25) is 0 Å². The predicted octanol–water partition coefficient (Wildman–Crippen LogP) is 0.820. The standard InChI is InChI=1S/C15H29N3O4/c1-5-8-21-11-13(19)18-7-6-17(10-12(18)9-16)14(20)22-15(2,3)4/h12H,5-11,16H2,1-4H3. The van der Waals surface area contributed by atoms with Gasteiger partial charge in [-0.15, -0.1) is 0 Å². The van der Waals surface area contributed by atoms with Gasteiger partial charge in [0.2, 0.25) is 5.91 Å². The van der Waals surface area contributed by atoms with Crippen LogP contribution in [0.3, 0.4) is 0 Å². The molecule has 1 heterocycles. The van der Waals surface area contributed by atoms with Crippen LogP contribution in [-0.2, 0) is 14.3 Å². The lowest BCUT2D eigenvalue weighted by Crippen LogP contribution is -2.60. The Labute approximate surface area is 132 Å². The molecule has 2 N–H and O–H groups in total. The molecule has 0 radical (unpaired) electrons. The van der Waals surface area contributed by atoms with Gasteiger partial charge in [-0.2, -0.15) is 0 Å². The van der Waals surface area contributed by atoms with Crippen LogP contribution < -0.4 is 5.73 Å². The number of amides is 2. The van der Waals surface area contributed by atoms with Crippen LogP contribution in [-0.4, -0.2) is 72.8 Å². The third-order valence-corrected chi connectivity index (χ3v) is 3.30. The first kappa shape index (κ1) is 18.7. The number of rotatable bonds is 5. The van der Waals surface area contributed by atoms with Gasteiger partial charge in [0, 0.05) is 32.8 Å². The maximum Gasteiger partial charge on any atom is 0.410 e. The van der Waals surface area contributed by atoms with E-state index < -0.39 is 5.60 Å². The molecule has 1 aliphatic rings. The molecule has 0 aromatic heterocycles. The van der Waals surface area contributed by atoms with Gasteiger partial charge in [0.15, 0.2) is 0 Å². The Morgan fingerprint density at radius 2 is 1.95 bits per heavy atom. The molecule has 1 rings (SSSR count). The van der Waals surface area contributed by atoms with Gasteiger partial charge in [-0.05, 0) is 27.2 Å². The number of nitrogens with zero attached hydrogens (tertiary/aromatic N) is 2. The van der Waals surface area contributed by atoms with Crippen molar-refractivity contribution in [3.63, 3.8) is 0 Å². The molecule has 22 heavy (non-hydrogen) atoms. The predicted molar refractivity (Wildman–Crippen MR) is 83.5 cm³/mol. The monoisotopic (exact) mass is 315 g/mol. The van der Waals surface area contributed by atoms with Crippen molar-refractivity contribution in [2.75, 3.05) is 39.4 Å². The molecule has 128 valence electrons. The highest BCUT2D eigenvalue weighted by atomic mass is 16.6. The SMILES string of the molecule is CCCOCC(=O)N1CCN(C(=O)OC(C)(C)C)CC1CN. The minimum Gasteiger partial charge on any atom is -0.444 e. The summed E-state index contributed by atoms with van der Waals surface area (Å²) in [5.74, 6) is -0.0762. The van der Waals surface area contributed by atoms with Crippen LogP contribution in [0.1, 0.15) is 34.1 Å². The minimum absolute atomic E-state index is 0.0662. The van der Waals surface area contributed by atoms with E-state index in [9.17, 15) is 9.59 Å². The fraction of sp³-hybridized carbons (Fsp3) is 0.867. The average Bonchev–Trinajstić information content (AvgIpc) is 2.44. The number of piperazine rings is 1. The zero-order valence-electron chi connectivity index (χ0n) is 14.1. The van der Waals surface area contributed by atoms with E-state index in [2.05, 4.69) is 0 Å². The average molecular weight is 315 g/mol. The fourth-order valence-corrected chi connectivity index (χ4v) is 2.26. The van der Waals surface area contributed by atoms with Crippen molar-refractivity contribution in [1.82, 2.24) is 9.80 Å². The van der Waals surface area contributed by atoms with E-state index in [4.69, 9.17) is 15.2 Å². The summed E-state index contributed by atoms with van der Waals surface area (Å²) in [6, 6.07) is -0.195. The molecule has 7 nitrogen and oxygen atoms in total. The summed E-state index contributed by atoms with van der Waals surface area (Å²) in [5, 5.41) is 0. The van der Waals surface area contributed by atoms with Crippen molar-refractivity contribution in [3.05, 3.63) is 0 Å². The number of hydrogen-bond donors (Lipinski definition) is 1. The molecule has 0 bridgehead atoms. The van der Waals surface area contributed by atoms with E-state index in [1.165, 1.54) is 0 Å². The van der Waals surface area contributed by atoms with Gasteiger partial charge >= 0.3 is 6.09 Å². The summed E-state index contributed by atoms with van der Waals surface area (Å²) in [7, 11) is 0. The van der Waals surface area contributed by atoms with Crippen molar-refractivity contribution < 1.29 is 19.1 Å². The Kier molecular flexibility index (Phi) is 7.09. The second kappa shape index (κ2) is 8.33. The molecule has 2 amide bonds. The molecule has 1 saturated heterocycles. The Morgan fingerprint density at radius 3 is 2.50 bits per heavy atom. The molecule has 0 spiro atoms. The zero-order valence-corrected chi connectivity index (χ0v) is 14.1. The molecular formula is C15H29N3O4. The zero-order chi connectivity index (χ0) is 16.8. The topological polar surface area (TPSA) is 85.1 Å². The van der Waals surface area contributed by atoms with E-state index in [-0.39, 0.29) is 24.6 Å². The fourth-order valence-electron chi connectivity index (χ4n) is 2.26. The summed E-state index contributed by atoms with van der Waals surface area (Å²) in [6.07, 6.45) is 0.514. The lowest BCUT2D eigenvalue weighted by Gasteiger charge is -2.41. The molecule has 1 unspecified atom stereocenters. The van der Waals surface area contributed by atoms with E-state index in [0.29, 0.717) is 32.8 Å². The van der Waals surface area contributed by atoms with Crippen LogP contribution >= 0.6 is 0 Å². The Hall–Kier alpha value is -1.34. The highest BCUT2D eigenvalue weighted by molar-refractivity contribution is 5.78. The van der Waals surface area contributed by atoms with Gasteiger partial charge < -0.3 is 25.0 Å². The second-order valence-electron chi connectivity index (χ2n) is 6.46. The summed E-state index contributed by atoms with van der Waals surface area (Å²) < 4.78 is 10.7. The Bertz CT molecular complexity index is 381. The van der Waals surface area contributed by atoms with E-state index >= 15 is 0 Å². The maximum absolute atomic E-state index is 12.2. The van der Waals surface area contributed by atoms with Crippen molar-refractivity contribution >= 4 is 12.0 Å². The van der Waals surface area contributed by atoms with Gasteiger partial charge in [-0.1, -0.05) is 6.92 Å². The first-order valence-corrected chi connectivity index (χ1v) is 7.83. The van der Waals surface area contributed by atoms with Gasteiger partial charge in [-0.25, -0.2) is 4.79 Å². The number of hydrogen-bond acceptors (Lipinski definition) is 5. The molecule has 7 heteroatoms. The van der Waals surface area contributed by atoms with Crippen LogP contribution in [0.25, 0.3) is 0 Å². The number of ether oxygens (including phenoxy) is 2. The molecule has 1 fully saturated rings. The number of carbonyl (C=O) groups is 2. The van der Waals surface area contributed by atoms with Gasteiger partial charge in [-0.3, -0.25) is 4.79 Å². The first-order chi connectivity index (χ1) is 10.3. The molecule has 0 saturated carbocycles. The molecule has 1 aliphatic heterocycles. The summed E-state index contributed by atoms with van der Waals surface area (Å²) in [4.78, 5) is 27.6. The van der Waals surface area contributed by atoms with E-state index in [0.717, 1.165) is 6.42 Å². The first-order valence-electron chi connectivity index (χ1n) is 7.83. The number of nitrogens with two attached hydrogens (primary N) is 1. The maximum atomic E-state index is 12.2. The highest BCUT2D eigenvalue weighted by Gasteiger charge is 2.33. The third-order valence-electron chi connectivity index (χ3n) is 3.30. The van der Waals surface area contributed by atoms with Crippen LogP contribution in [0.15, 0.2) is 0 Å². The van der Waals surface area contributed by atoms with Crippen LogP contribution in [0.5, 0.6) is 0 Å². The molecular weight excluding hydrogens is 286 g/mol. The van der Waals surface area contributed by atoms with Gasteiger partial charge in [0.1, 0.15) is 12.2 Å². The van der Waals surface area contributed by atoms with Crippen molar-refractivity contribution in [1.29, 1.82) is 0 Å². The van der Waals surface area contributed by atoms with Crippen LogP contribution in [0, 0.1) is 0 Å². The Balaban J connectivity index is 2.56. The summed E-state index contributed by atoms with van der Waals surface area (Å²) >= 11 is 0. The lowest BCUT2D eigenvalue weighted by molar-refractivity contribution is -0.140.